The molecule has 0 saturated heterocycles. The van der Waals surface area contributed by atoms with E-state index < -0.39 is 0 Å². The van der Waals surface area contributed by atoms with Crippen LogP contribution in [0.25, 0.3) is 0 Å². The van der Waals surface area contributed by atoms with E-state index in [4.69, 9.17) is 16.3 Å². The van der Waals surface area contributed by atoms with Gasteiger partial charge in [0.2, 0.25) is 0 Å². The fourth-order valence-electron chi connectivity index (χ4n) is 1.40. The topological polar surface area (TPSA) is 21.3 Å². The molecule has 5 heteroatoms. The highest BCUT2D eigenvalue weighted by molar-refractivity contribution is 9.11. The van der Waals surface area contributed by atoms with E-state index in [2.05, 4.69) is 32.7 Å². The van der Waals surface area contributed by atoms with Crippen molar-refractivity contribution in [2.24, 2.45) is 0 Å². The summed E-state index contributed by atoms with van der Waals surface area (Å²) < 4.78 is 6.29. The summed E-state index contributed by atoms with van der Waals surface area (Å²) in [5.74, 6) is 0.795. The Morgan fingerprint density at radius 2 is 2.24 bits per heavy atom. The van der Waals surface area contributed by atoms with Gasteiger partial charge in [-0.05, 0) is 45.1 Å². The van der Waals surface area contributed by atoms with Crippen LogP contribution in [-0.4, -0.2) is 7.11 Å². The van der Waals surface area contributed by atoms with Crippen LogP contribution in [0.15, 0.2) is 33.4 Å². The van der Waals surface area contributed by atoms with Gasteiger partial charge < -0.3 is 10.1 Å². The molecule has 90 valence electrons. The van der Waals surface area contributed by atoms with E-state index >= 15 is 0 Å². The Morgan fingerprint density at radius 3 is 2.88 bits per heavy atom. The van der Waals surface area contributed by atoms with Gasteiger partial charge >= 0.3 is 0 Å². The zero-order chi connectivity index (χ0) is 12.3. The predicted molar refractivity (Wildman–Crippen MR) is 77.3 cm³/mol. The van der Waals surface area contributed by atoms with Crippen LogP contribution in [0, 0.1) is 0 Å². The summed E-state index contributed by atoms with van der Waals surface area (Å²) in [6.45, 7) is 0.745. The average molecular weight is 333 g/mol. The number of anilines is 1. The molecule has 17 heavy (non-hydrogen) atoms. The molecule has 1 heterocycles. The van der Waals surface area contributed by atoms with E-state index in [9.17, 15) is 0 Å². The molecule has 0 spiro atoms. The lowest BCUT2D eigenvalue weighted by Crippen LogP contribution is -1.99. The number of rotatable bonds is 4. The van der Waals surface area contributed by atoms with Crippen molar-refractivity contribution in [3.05, 3.63) is 44.0 Å². The molecular formula is C12H11BrClNOS. The fourth-order valence-corrected chi connectivity index (χ4v) is 2.80. The maximum absolute atomic E-state index is 6.10. The second-order valence-corrected chi connectivity index (χ2v) is 6.16. The van der Waals surface area contributed by atoms with E-state index in [-0.39, 0.29) is 0 Å². The van der Waals surface area contributed by atoms with E-state index in [0.29, 0.717) is 5.02 Å². The second-order valence-electron chi connectivity index (χ2n) is 3.46. The molecule has 0 radical (unpaired) electrons. The number of halogens is 2. The smallest absolute Gasteiger partial charge is 0.121 e. The molecule has 0 atom stereocenters. The quantitative estimate of drug-likeness (QED) is 0.869. The number of hydrogen-bond donors (Lipinski definition) is 1. The number of ether oxygens (including phenoxy) is 1. The first kappa shape index (κ1) is 12.7. The minimum atomic E-state index is 0.695. The number of thiophene rings is 1. The van der Waals surface area contributed by atoms with E-state index in [1.807, 2.05) is 18.2 Å². The van der Waals surface area contributed by atoms with Gasteiger partial charge in [-0.1, -0.05) is 11.6 Å². The predicted octanol–water partition coefficient (Wildman–Crippen LogP) is 4.78. The third kappa shape index (κ3) is 3.37. The van der Waals surface area contributed by atoms with Crippen LogP contribution in [0.5, 0.6) is 5.75 Å². The lowest BCUT2D eigenvalue weighted by Gasteiger charge is -2.09. The molecule has 2 aromatic rings. The summed E-state index contributed by atoms with van der Waals surface area (Å²) in [5, 5.41) is 6.09. The number of methoxy groups -OCH3 is 1. The van der Waals surface area contributed by atoms with Crippen molar-refractivity contribution in [2.45, 2.75) is 6.54 Å². The average Bonchev–Trinajstić information content (AvgIpc) is 2.74. The highest BCUT2D eigenvalue weighted by Gasteiger charge is 2.03. The van der Waals surface area contributed by atoms with Gasteiger partial charge in [0, 0.05) is 12.6 Å². The minimum absolute atomic E-state index is 0.695. The Hall–Kier alpha value is -0.710. The monoisotopic (exact) mass is 331 g/mol. The van der Waals surface area contributed by atoms with Crippen LogP contribution in [0.4, 0.5) is 5.69 Å². The zero-order valence-corrected chi connectivity index (χ0v) is 12.3. The molecule has 1 N–H and O–H groups in total. The highest BCUT2D eigenvalue weighted by atomic mass is 79.9. The van der Waals surface area contributed by atoms with Crippen LogP contribution in [-0.2, 0) is 6.54 Å². The largest absolute Gasteiger partial charge is 0.497 e. The first-order chi connectivity index (χ1) is 8.19. The minimum Gasteiger partial charge on any atom is -0.497 e. The molecule has 0 aliphatic rings. The molecule has 2 nitrogen and oxygen atoms in total. The van der Waals surface area contributed by atoms with Gasteiger partial charge in [-0.15, -0.1) is 11.3 Å². The third-order valence-electron chi connectivity index (χ3n) is 2.28. The van der Waals surface area contributed by atoms with Crippen LogP contribution >= 0.6 is 38.9 Å². The second kappa shape index (κ2) is 5.76. The van der Waals surface area contributed by atoms with E-state index in [0.717, 1.165) is 21.8 Å². The molecule has 0 aliphatic heterocycles. The molecule has 1 aromatic heterocycles. The third-order valence-corrected chi connectivity index (χ3v) is 4.16. The summed E-state index contributed by atoms with van der Waals surface area (Å²) in [5.41, 5.74) is 2.11. The first-order valence-corrected chi connectivity index (χ1v) is 7.04. The van der Waals surface area contributed by atoms with Crippen LogP contribution in [0.3, 0.4) is 0 Å². The van der Waals surface area contributed by atoms with Gasteiger partial charge in [0.1, 0.15) is 5.75 Å². The van der Waals surface area contributed by atoms with Gasteiger partial charge in [-0.2, -0.15) is 0 Å². The number of benzene rings is 1. The molecule has 1 aromatic carbocycles. The standard InChI is InChI=1S/C12H11BrClNOS/c1-16-9-2-3-10(14)11(5-9)15-6-8-4-12(13)17-7-8/h2-5,7,15H,6H2,1H3. The first-order valence-electron chi connectivity index (χ1n) is 4.99. The van der Waals surface area contributed by atoms with Gasteiger partial charge in [0.05, 0.1) is 21.6 Å². The molecule has 0 saturated carbocycles. The summed E-state index contributed by atoms with van der Waals surface area (Å²) in [6.07, 6.45) is 0. The van der Waals surface area contributed by atoms with Crippen molar-refractivity contribution in [1.29, 1.82) is 0 Å². The lowest BCUT2D eigenvalue weighted by atomic mass is 10.2. The van der Waals surface area contributed by atoms with Gasteiger partial charge in [0.25, 0.3) is 0 Å². The fraction of sp³-hybridized carbons (Fsp3) is 0.167. The number of nitrogens with one attached hydrogen (secondary N) is 1. The molecule has 0 amide bonds. The Bertz CT molecular complexity index is 515. The summed E-state index contributed by atoms with van der Waals surface area (Å²) in [7, 11) is 1.64. The van der Waals surface area contributed by atoms with Crippen molar-refractivity contribution < 1.29 is 4.74 Å². The molecular weight excluding hydrogens is 322 g/mol. The van der Waals surface area contributed by atoms with Crippen LogP contribution < -0.4 is 10.1 Å². The van der Waals surface area contributed by atoms with Crippen molar-refractivity contribution in [3.8, 4) is 5.75 Å². The van der Waals surface area contributed by atoms with Crippen molar-refractivity contribution in [1.82, 2.24) is 0 Å². The lowest BCUT2D eigenvalue weighted by molar-refractivity contribution is 0.415. The Labute approximate surface area is 118 Å². The van der Waals surface area contributed by atoms with Crippen molar-refractivity contribution in [3.63, 3.8) is 0 Å². The molecule has 0 unspecified atom stereocenters. The SMILES string of the molecule is COc1ccc(Cl)c(NCc2csc(Br)c2)c1. The molecule has 0 bridgehead atoms. The molecule has 2 rings (SSSR count). The zero-order valence-electron chi connectivity index (χ0n) is 9.17. The maximum Gasteiger partial charge on any atom is 0.121 e. The van der Waals surface area contributed by atoms with Gasteiger partial charge in [0.15, 0.2) is 0 Å². The Balaban J connectivity index is 2.07. The molecule has 0 fully saturated rings. The van der Waals surface area contributed by atoms with Crippen molar-refractivity contribution >= 4 is 44.6 Å². The van der Waals surface area contributed by atoms with Crippen LogP contribution in [0.2, 0.25) is 5.02 Å². The highest BCUT2D eigenvalue weighted by Crippen LogP contribution is 2.28. The van der Waals surface area contributed by atoms with Gasteiger partial charge in [-0.3, -0.25) is 0 Å². The summed E-state index contributed by atoms with van der Waals surface area (Å²) in [6, 6.07) is 7.65. The van der Waals surface area contributed by atoms with E-state index in [1.165, 1.54) is 5.56 Å². The summed E-state index contributed by atoms with van der Waals surface area (Å²) in [4.78, 5) is 0. The van der Waals surface area contributed by atoms with Crippen molar-refractivity contribution in [2.75, 3.05) is 12.4 Å². The van der Waals surface area contributed by atoms with Gasteiger partial charge in [-0.25, -0.2) is 0 Å². The Morgan fingerprint density at radius 1 is 1.41 bits per heavy atom. The normalized spacial score (nSPS) is 10.3. The van der Waals surface area contributed by atoms with E-state index in [1.54, 1.807) is 18.4 Å². The summed E-state index contributed by atoms with van der Waals surface area (Å²) >= 11 is 11.2. The van der Waals surface area contributed by atoms with Crippen LogP contribution in [0.1, 0.15) is 5.56 Å². The number of hydrogen-bond acceptors (Lipinski definition) is 3. The Kier molecular flexibility index (Phi) is 4.31. The molecule has 0 aliphatic carbocycles. The maximum atomic E-state index is 6.10.